The van der Waals surface area contributed by atoms with Crippen LogP contribution in [0.4, 0.5) is 5.13 Å². The monoisotopic (exact) mass is 169 g/mol. The number of aryl methyl sites for hydroxylation is 1. The first-order valence-corrected chi connectivity index (χ1v) is 4.62. The molecule has 0 bridgehead atoms. The molecule has 0 spiro atoms. The number of hydrogen-bond donors (Lipinski definition) is 2. The molecule has 2 N–H and O–H groups in total. The van der Waals surface area contributed by atoms with Crippen molar-refractivity contribution in [3.8, 4) is 0 Å². The molecule has 2 rings (SSSR count). The first kappa shape index (κ1) is 7.06. The van der Waals surface area contributed by atoms with Crippen LogP contribution in [0.2, 0.25) is 0 Å². The smallest absolute Gasteiger partial charge is 0.183 e. The highest BCUT2D eigenvalue weighted by Crippen LogP contribution is 2.16. The summed E-state index contributed by atoms with van der Waals surface area (Å²) in [7, 11) is 0. The predicted octanol–water partition coefficient (Wildman–Crippen LogP) is 0.835. The lowest BCUT2D eigenvalue weighted by atomic mass is 10.2. The zero-order chi connectivity index (χ0) is 7.68. The molecule has 4 heteroatoms. The molecule has 3 nitrogen and oxygen atoms in total. The van der Waals surface area contributed by atoms with E-state index in [9.17, 15) is 0 Å². The molecule has 1 aliphatic heterocycles. The van der Waals surface area contributed by atoms with E-state index in [1.807, 2.05) is 6.92 Å². The van der Waals surface area contributed by atoms with Crippen molar-refractivity contribution in [2.75, 3.05) is 18.4 Å². The fourth-order valence-corrected chi connectivity index (χ4v) is 1.75. The molecule has 0 saturated carbocycles. The Morgan fingerprint density at radius 3 is 3.00 bits per heavy atom. The maximum Gasteiger partial charge on any atom is 0.183 e. The van der Waals surface area contributed by atoms with Crippen LogP contribution in [0.25, 0.3) is 0 Å². The summed E-state index contributed by atoms with van der Waals surface area (Å²) >= 11 is 1.68. The number of hydrogen-bond acceptors (Lipinski definition) is 4. The first-order chi connectivity index (χ1) is 5.34. The van der Waals surface area contributed by atoms with Gasteiger partial charge in [0.1, 0.15) is 0 Å². The Kier molecular flexibility index (Phi) is 1.79. The van der Waals surface area contributed by atoms with E-state index in [0.29, 0.717) is 6.04 Å². The number of anilines is 1. The van der Waals surface area contributed by atoms with Gasteiger partial charge in [0.05, 0.1) is 11.7 Å². The number of nitrogens with zero attached hydrogens (tertiary/aromatic N) is 1. The Morgan fingerprint density at radius 1 is 1.73 bits per heavy atom. The van der Waals surface area contributed by atoms with Gasteiger partial charge in [-0.15, -0.1) is 11.3 Å². The van der Waals surface area contributed by atoms with Crippen LogP contribution in [-0.2, 0) is 0 Å². The van der Waals surface area contributed by atoms with E-state index < -0.39 is 0 Å². The molecule has 60 valence electrons. The van der Waals surface area contributed by atoms with Crippen molar-refractivity contribution in [2.24, 2.45) is 0 Å². The fraction of sp³-hybridized carbons (Fsp3) is 0.571. The van der Waals surface area contributed by atoms with Crippen molar-refractivity contribution >= 4 is 16.5 Å². The van der Waals surface area contributed by atoms with Gasteiger partial charge in [-0.3, -0.25) is 0 Å². The quantitative estimate of drug-likeness (QED) is 0.688. The molecule has 1 aliphatic rings. The third kappa shape index (κ3) is 1.52. The third-order valence-electron chi connectivity index (χ3n) is 1.73. The van der Waals surface area contributed by atoms with E-state index in [-0.39, 0.29) is 0 Å². The first-order valence-electron chi connectivity index (χ1n) is 3.74. The number of aromatic nitrogens is 1. The summed E-state index contributed by atoms with van der Waals surface area (Å²) in [6, 6.07) is 0.598. The van der Waals surface area contributed by atoms with Gasteiger partial charge in [0.15, 0.2) is 5.13 Å². The maximum atomic E-state index is 4.31. The summed E-state index contributed by atoms with van der Waals surface area (Å²) in [6.07, 6.45) is 0. The highest BCUT2D eigenvalue weighted by Gasteiger charge is 2.16. The molecule has 1 aromatic heterocycles. The Balaban J connectivity index is 1.95. The van der Waals surface area contributed by atoms with Gasteiger partial charge in [0, 0.05) is 18.5 Å². The summed E-state index contributed by atoms with van der Waals surface area (Å²) in [5.41, 5.74) is 1.10. The molecule has 2 heterocycles. The third-order valence-corrected chi connectivity index (χ3v) is 2.62. The maximum absolute atomic E-state index is 4.31. The zero-order valence-corrected chi connectivity index (χ0v) is 7.24. The second-order valence-corrected chi connectivity index (χ2v) is 3.65. The van der Waals surface area contributed by atoms with Crippen LogP contribution in [0, 0.1) is 6.92 Å². The van der Waals surface area contributed by atoms with E-state index in [0.717, 1.165) is 23.9 Å². The molecule has 11 heavy (non-hydrogen) atoms. The fourth-order valence-electron chi connectivity index (χ4n) is 0.986. The van der Waals surface area contributed by atoms with Gasteiger partial charge in [-0.25, -0.2) is 4.98 Å². The molecule has 0 aliphatic carbocycles. The van der Waals surface area contributed by atoms with Crippen LogP contribution in [-0.4, -0.2) is 24.1 Å². The molecule has 0 atom stereocenters. The summed E-state index contributed by atoms with van der Waals surface area (Å²) in [5.74, 6) is 0. The second kappa shape index (κ2) is 2.79. The van der Waals surface area contributed by atoms with Crippen molar-refractivity contribution in [2.45, 2.75) is 13.0 Å². The molecule has 1 aromatic rings. The summed E-state index contributed by atoms with van der Waals surface area (Å²) in [5, 5.41) is 9.66. The van der Waals surface area contributed by atoms with Crippen molar-refractivity contribution in [3.05, 3.63) is 11.1 Å². The van der Waals surface area contributed by atoms with Crippen LogP contribution < -0.4 is 10.6 Å². The average molecular weight is 169 g/mol. The molecule has 1 saturated heterocycles. The minimum Gasteiger partial charge on any atom is -0.356 e. The van der Waals surface area contributed by atoms with E-state index in [2.05, 4.69) is 21.0 Å². The highest BCUT2D eigenvalue weighted by atomic mass is 32.1. The van der Waals surface area contributed by atoms with Gasteiger partial charge in [-0.05, 0) is 6.92 Å². The highest BCUT2D eigenvalue weighted by molar-refractivity contribution is 7.13. The van der Waals surface area contributed by atoms with Gasteiger partial charge < -0.3 is 10.6 Å². The lowest BCUT2D eigenvalue weighted by molar-refractivity contribution is 0.472. The Bertz CT molecular complexity index is 242. The van der Waals surface area contributed by atoms with E-state index in [4.69, 9.17) is 0 Å². The molecule has 1 fully saturated rings. The normalized spacial score (nSPS) is 17.9. The lowest BCUT2D eigenvalue weighted by Crippen LogP contribution is -2.51. The van der Waals surface area contributed by atoms with Gasteiger partial charge in [-0.1, -0.05) is 0 Å². The standard InChI is InChI=1S/C7H11N3S/c1-5-4-11-7(9-5)10-6-2-8-3-6/h4,6,8H,2-3H2,1H3,(H,9,10). The SMILES string of the molecule is Cc1csc(NC2CNC2)n1. The van der Waals surface area contributed by atoms with Crippen LogP contribution in [0.15, 0.2) is 5.38 Å². The molecule has 0 radical (unpaired) electrons. The largest absolute Gasteiger partial charge is 0.356 e. The minimum absolute atomic E-state index is 0.598. The van der Waals surface area contributed by atoms with Crippen molar-refractivity contribution in [1.29, 1.82) is 0 Å². The van der Waals surface area contributed by atoms with Crippen LogP contribution in [0.1, 0.15) is 5.69 Å². The van der Waals surface area contributed by atoms with Crippen LogP contribution >= 0.6 is 11.3 Å². The molecular formula is C7H11N3S. The van der Waals surface area contributed by atoms with Gasteiger partial charge >= 0.3 is 0 Å². The number of thiazole rings is 1. The second-order valence-electron chi connectivity index (χ2n) is 2.79. The summed E-state index contributed by atoms with van der Waals surface area (Å²) in [6.45, 7) is 4.15. The van der Waals surface area contributed by atoms with Gasteiger partial charge in [0.25, 0.3) is 0 Å². The van der Waals surface area contributed by atoms with Crippen molar-refractivity contribution in [3.63, 3.8) is 0 Å². The molecule has 0 unspecified atom stereocenters. The minimum atomic E-state index is 0.598. The van der Waals surface area contributed by atoms with Crippen LogP contribution in [0.3, 0.4) is 0 Å². The molecule has 0 amide bonds. The van der Waals surface area contributed by atoms with E-state index >= 15 is 0 Å². The van der Waals surface area contributed by atoms with Crippen molar-refractivity contribution < 1.29 is 0 Å². The predicted molar refractivity (Wildman–Crippen MR) is 47.1 cm³/mol. The number of rotatable bonds is 2. The average Bonchev–Trinajstić information content (AvgIpc) is 2.27. The van der Waals surface area contributed by atoms with E-state index in [1.165, 1.54) is 0 Å². The zero-order valence-electron chi connectivity index (χ0n) is 6.42. The summed E-state index contributed by atoms with van der Waals surface area (Å²) < 4.78 is 0. The van der Waals surface area contributed by atoms with Crippen molar-refractivity contribution in [1.82, 2.24) is 10.3 Å². The van der Waals surface area contributed by atoms with Gasteiger partial charge in [0.2, 0.25) is 0 Å². The molecule has 0 aromatic carbocycles. The number of nitrogens with one attached hydrogen (secondary N) is 2. The molecular weight excluding hydrogens is 158 g/mol. The lowest BCUT2D eigenvalue weighted by Gasteiger charge is -2.27. The summed E-state index contributed by atoms with van der Waals surface area (Å²) in [4.78, 5) is 4.31. The topological polar surface area (TPSA) is 37.0 Å². The Hall–Kier alpha value is -0.610. The van der Waals surface area contributed by atoms with Gasteiger partial charge in [-0.2, -0.15) is 0 Å². The Morgan fingerprint density at radius 2 is 2.55 bits per heavy atom. The van der Waals surface area contributed by atoms with E-state index in [1.54, 1.807) is 11.3 Å². The Labute approximate surface area is 69.8 Å². The van der Waals surface area contributed by atoms with Crippen LogP contribution in [0.5, 0.6) is 0 Å².